The molecule has 5 rings (SSSR count). The molecule has 0 aromatic carbocycles. The number of methoxy groups -OCH3 is 1. The van der Waals surface area contributed by atoms with Gasteiger partial charge in [0.25, 0.3) is 0 Å². The second-order valence-electron chi connectivity index (χ2n) is 16.3. The zero-order chi connectivity index (χ0) is 34.7. The highest BCUT2D eigenvalue weighted by molar-refractivity contribution is 5.70. The van der Waals surface area contributed by atoms with E-state index in [0.29, 0.717) is 19.3 Å². The van der Waals surface area contributed by atoms with Crippen LogP contribution in [0, 0.1) is 35.5 Å². The van der Waals surface area contributed by atoms with Gasteiger partial charge in [-0.1, -0.05) is 41.5 Å². The Morgan fingerprint density at radius 3 is 2.34 bits per heavy atom. The van der Waals surface area contributed by atoms with Gasteiger partial charge in [-0.3, -0.25) is 4.79 Å². The summed E-state index contributed by atoms with van der Waals surface area (Å²) in [5.74, 6) is -4.52. The molecule has 0 amide bonds. The van der Waals surface area contributed by atoms with Gasteiger partial charge >= 0.3 is 5.97 Å². The fourth-order valence-corrected chi connectivity index (χ4v) is 9.91. The van der Waals surface area contributed by atoms with Gasteiger partial charge < -0.3 is 48.8 Å². The molecule has 11 nitrogen and oxygen atoms in total. The highest BCUT2D eigenvalue weighted by atomic mass is 16.7. The van der Waals surface area contributed by atoms with E-state index in [2.05, 4.69) is 27.7 Å². The summed E-state index contributed by atoms with van der Waals surface area (Å²) in [5.41, 5.74) is -1.15. The SMILES string of the molecule is CC[C@@]1([C@@H]2O[C@@H]([C@H]3O[C@@](O)(CO)[C@H](C)C[C@@H]3C)C[C@@H]2C)CCC([C@]2(C)CC[C@]3(C[C@H](O)[C@@H](C)[C@@H]([C@@H](C)[C@@H](OC)[C@@H](C)C(=O)O)O3)O2)O1. The molecular formula is C36H62O11. The van der Waals surface area contributed by atoms with E-state index in [1.54, 1.807) is 6.92 Å². The summed E-state index contributed by atoms with van der Waals surface area (Å²) >= 11 is 0. The number of rotatable bonds is 10. The van der Waals surface area contributed by atoms with Gasteiger partial charge in [-0.05, 0) is 64.2 Å². The third-order valence-corrected chi connectivity index (χ3v) is 13.0. The summed E-state index contributed by atoms with van der Waals surface area (Å²) in [6, 6.07) is 0. The number of ether oxygens (including phenoxy) is 6. The number of aliphatic carboxylic acids is 1. The lowest BCUT2D eigenvalue weighted by Gasteiger charge is -2.49. The maximum atomic E-state index is 11.8. The molecule has 1 spiro atoms. The van der Waals surface area contributed by atoms with E-state index in [1.807, 2.05) is 20.8 Å². The van der Waals surface area contributed by atoms with Crippen LogP contribution in [-0.2, 0) is 33.2 Å². The van der Waals surface area contributed by atoms with E-state index in [0.717, 1.165) is 32.1 Å². The predicted octanol–water partition coefficient (Wildman–Crippen LogP) is 4.27. The van der Waals surface area contributed by atoms with Crippen LogP contribution >= 0.6 is 0 Å². The number of carbonyl (C=O) groups is 1. The quantitative estimate of drug-likeness (QED) is 0.264. The maximum absolute atomic E-state index is 11.8. The molecule has 272 valence electrons. The van der Waals surface area contributed by atoms with Crippen LogP contribution in [0.15, 0.2) is 0 Å². The normalized spacial score (nSPS) is 50.9. The van der Waals surface area contributed by atoms with Crippen LogP contribution in [0.25, 0.3) is 0 Å². The Bertz CT molecular complexity index is 1110. The van der Waals surface area contributed by atoms with Crippen molar-refractivity contribution in [1.29, 1.82) is 0 Å². The number of aliphatic hydroxyl groups is 3. The topological polar surface area (TPSA) is 153 Å². The van der Waals surface area contributed by atoms with Crippen molar-refractivity contribution in [3.8, 4) is 0 Å². The summed E-state index contributed by atoms with van der Waals surface area (Å²) in [5, 5.41) is 41.8. The molecule has 5 aliphatic rings. The van der Waals surface area contributed by atoms with Gasteiger partial charge in [-0.2, -0.15) is 0 Å². The van der Waals surface area contributed by atoms with Crippen LogP contribution in [0.3, 0.4) is 0 Å². The smallest absolute Gasteiger partial charge is 0.308 e. The minimum atomic E-state index is -1.56. The van der Waals surface area contributed by atoms with Crippen molar-refractivity contribution in [2.45, 2.75) is 172 Å². The van der Waals surface area contributed by atoms with Crippen LogP contribution in [0.4, 0.5) is 0 Å². The second kappa shape index (κ2) is 13.7. The fraction of sp³-hybridized carbons (Fsp3) is 0.972. The number of aliphatic hydroxyl groups excluding tert-OH is 2. The van der Waals surface area contributed by atoms with Crippen LogP contribution < -0.4 is 0 Å². The molecule has 4 N–H and O–H groups in total. The average molecular weight is 671 g/mol. The molecule has 5 aliphatic heterocycles. The Labute approximate surface area is 281 Å². The van der Waals surface area contributed by atoms with Crippen molar-refractivity contribution in [1.82, 2.24) is 0 Å². The summed E-state index contributed by atoms with van der Waals surface area (Å²) in [6.07, 6.45) is 2.99. The minimum Gasteiger partial charge on any atom is -0.481 e. The monoisotopic (exact) mass is 670 g/mol. The van der Waals surface area contributed by atoms with Gasteiger partial charge in [0.05, 0.1) is 66.5 Å². The van der Waals surface area contributed by atoms with Crippen molar-refractivity contribution in [3.05, 3.63) is 0 Å². The molecule has 17 atom stereocenters. The van der Waals surface area contributed by atoms with Gasteiger partial charge in [-0.25, -0.2) is 0 Å². The van der Waals surface area contributed by atoms with Crippen LogP contribution in [0.1, 0.15) is 107 Å². The lowest BCUT2D eigenvalue weighted by Crippen LogP contribution is -2.57. The van der Waals surface area contributed by atoms with Crippen LogP contribution in [-0.4, -0.2) is 106 Å². The molecule has 0 saturated carbocycles. The average Bonchev–Trinajstić information content (AvgIpc) is 3.73. The number of hydrogen-bond donors (Lipinski definition) is 4. The van der Waals surface area contributed by atoms with Crippen molar-refractivity contribution in [2.24, 2.45) is 35.5 Å². The molecule has 5 saturated heterocycles. The Hall–Kier alpha value is -0.890. The molecule has 1 unspecified atom stereocenters. The molecule has 11 heteroatoms. The van der Waals surface area contributed by atoms with Crippen molar-refractivity contribution >= 4 is 5.97 Å². The lowest BCUT2D eigenvalue weighted by molar-refractivity contribution is -0.336. The first-order valence-corrected chi connectivity index (χ1v) is 18.1. The molecule has 0 aliphatic carbocycles. The first kappa shape index (κ1) is 37.4. The highest BCUT2D eigenvalue weighted by Crippen LogP contribution is 2.55. The van der Waals surface area contributed by atoms with Gasteiger partial charge in [-0.15, -0.1) is 0 Å². The Morgan fingerprint density at radius 1 is 1.02 bits per heavy atom. The Balaban J connectivity index is 1.29. The number of carboxylic acids is 1. The van der Waals surface area contributed by atoms with E-state index in [1.165, 1.54) is 7.11 Å². The van der Waals surface area contributed by atoms with Crippen LogP contribution in [0.2, 0.25) is 0 Å². The van der Waals surface area contributed by atoms with E-state index in [-0.39, 0.29) is 54.0 Å². The third-order valence-electron chi connectivity index (χ3n) is 13.0. The van der Waals surface area contributed by atoms with E-state index >= 15 is 0 Å². The van der Waals surface area contributed by atoms with Gasteiger partial charge in [0.2, 0.25) is 0 Å². The molecule has 0 radical (unpaired) electrons. The Kier molecular flexibility index (Phi) is 10.9. The van der Waals surface area contributed by atoms with Gasteiger partial charge in [0.15, 0.2) is 11.6 Å². The molecule has 5 fully saturated rings. The third kappa shape index (κ3) is 6.67. The highest BCUT2D eigenvalue weighted by Gasteiger charge is 2.62. The molecule has 0 aromatic heterocycles. The van der Waals surface area contributed by atoms with Crippen LogP contribution in [0.5, 0.6) is 0 Å². The summed E-state index contributed by atoms with van der Waals surface area (Å²) in [4.78, 5) is 11.8. The van der Waals surface area contributed by atoms with Crippen molar-refractivity contribution < 1.29 is 53.6 Å². The molecule has 47 heavy (non-hydrogen) atoms. The van der Waals surface area contributed by atoms with Crippen molar-refractivity contribution in [3.63, 3.8) is 0 Å². The fourth-order valence-electron chi connectivity index (χ4n) is 9.91. The van der Waals surface area contributed by atoms with E-state index < -0.39 is 59.6 Å². The summed E-state index contributed by atoms with van der Waals surface area (Å²) in [7, 11) is 1.52. The maximum Gasteiger partial charge on any atom is 0.308 e. The first-order chi connectivity index (χ1) is 22.0. The minimum absolute atomic E-state index is 0.153. The molecule has 0 bridgehead atoms. The Morgan fingerprint density at radius 2 is 1.72 bits per heavy atom. The molecule has 0 aromatic rings. The van der Waals surface area contributed by atoms with Gasteiger partial charge in [0, 0.05) is 37.7 Å². The molecule has 5 heterocycles. The predicted molar refractivity (Wildman–Crippen MR) is 172 cm³/mol. The number of carboxylic acid groups (broad SMARTS) is 1. The standard InChI is InChI=1S/C36H62O11/c1-10-34(31-20(3)16-26(43-31)28-19(2)15-21(4)36(41,18-37)46-28)12-11-27(44-34)33(8)13-14-35(47-33)17-25(38)22(5)30(45-35)23(6)29(42-9)24(7)32(39)40/h19-31,37-38,41H,10-18H2,1-9H3,(H,39,40)/t19-,20-,21+,22+,23-,24+,25-,26+,27?,28-,29+,30-,31+,33-,34-,35+,36-/m0/s1. The zero-order valence-corrected chi connectivity index (χ0v) is 30.0. The lowest BCUT2D eigenvalue weighted by atomic mass is 9.78. The summed E-state index contributed by atoms with van der Waals surface area (Å²) in [6.45, 7) is 15.6. The van der Waals surface area contributed by atoms with Gasteiger partial charge in [0.1, 0.15) is 0 Å². The van der Waals surface area contributed by atoms with Crippen molar-refractivity contribution in [2.75, 3.05) is 13.7 Å². The van der Waals surface area contributed by atoms with E-state index in [4.69, 9.17) is 28.4 Å². The second-order valence-corrected chi connectivity index (χ2v) is 16.3. The first-order valence-electron chi connectivity index (χ1n) is 18.1. The number of hydrogen-bond acceptors (Lipinski definition) is 10. The molecular weight excluding hydrogens is 608 g/mol. The zero-order valence-electron chi connectivity index (χ0n) is 30.0. The largest absolute Gasteiger partial charge is 0.481 e. The van der Waals surface area contributed by atoms with E-state index in [9.17, 15) is 25.2 Å². The summed E-state index contributed by atoms with van der Waals surface area (Å²) < 4.78 is 39.4.